The summed E-state index contributed by atoms with van der Waals surface area (Å²) >= 11 is 12.8. The third-order valence-electron chi connectivity index (χ3n) is 5.20. The number of aliphatic imine (C=N–C) groups is 1. The molecule has 154 valence electrons. The Balaban J connectivity index is 1.77. The van der Waals surface area contributed by atoms with Gasteiger partial charge < -0.3 is 10.0 Å². The maximum atomic E-state index is 14.7. The molecule has 1 saturated heterocycles. The summed E-state index contributed by atoms with van der Waals surface area (Å²) < 4.78 is 30.9. The molecule has 1 aromatic heterocycles. The number of β-amino-alcohol motifs (C(OH)–C–C–N with tert-alkyl or cyclic N) is 1. The van der Waals surface area contributed by atoms with Gasteiger partial charge in [0.2, 0.25) is 5.95 Å². The summed E-state index contributed by atoms with van der Waals surface area (Å²) in [7, 11) is 0. The Bertz CT molecular complexity index is 1190. The van der Waals surface area contributed by atoms with Gasteiger partial charge in [0.15, 0.2) is 5.82 Å². The van der Waals surface area contributed by atoms with Crippen LogP contribution in [-0.4, -0.2) is 44.8 Å². The van der Waals surface area contributed by atoms with E-state index < -0.39 is 23.8 Å². The molecule has 0 spiro atoms. The van der Waals surface area contributed by atoms with E-state index in [4.69, 9.17) is 23.2 Å². The Labute approximate surface area is 180 Å². The minimum absolute atomic E-state index is 0.0498. The summed E-state index contributed by atoms with van der Waals surface area (Å²) in [6, 6.07) is 6.30. The largest absolute Gasteiger partial charge is 0.389 e. The zero-order valence-electron chi connectivity index (χ0n) is 15.7. The van der Waals surface area contributed by atoms with Gasteiger partial charge in [-0.3, -0.25) is 4.99 Å². The van der Waals surface area contributed by atoms with Gasteiger partial charge in [-0.1, -0.05) is 29.3 Å². The molecule has 2 aliphatic rings. The zero-order chi connectivity index (χ0) is 21.2. The molecule has 30 heavy (non-hydrogen) atoms. The Morgan fingerprint density at radius 1 is 1.07 bits per heavy atom. The quantitative estimate of drug-likeness (QED) is 0.643. The van der Waals surface area contributed by atoms with Gasteiger partial charge in [-0.25, -0.2) is 13.5 Å². The molecule has 1 fully saturated rings. The van der Waals surface area contributed by atoms with E-state index in [-0.39, 0.29) is 26.9 Å². The van der Waals surface area contributed by atoms with Crippen LogP contribution in [0.3, 0.4) is 0 Å². The zero-order valence-corrected chi connectivity index (χ0v) is 17.2. The van der Waals surface area contributed by atoms with E-state index in [9.17, 15) is 13.9 Å². The molecule has 1 atom stereocenters. The fraction of sp³-hybridized carbons (Fsp3) is 0.250. The van der Waals surface area contributed by atoms with Crippen molar-refractivity contribution in [1.29, 1.82) is 0 Å². The molecule has 5 rings (SSSR count). The van der Waals surface area contributed by atoms with Crippen LogP contribution in [0.5, 0.6) is 0 Å². The average Bonchev–Trinajstić information content (AvgIpc) is 3.07. The second-order valence-corrected chi connectivity index (χ2v) is 8.03. The molecule has 0 unspecified atom stereocenters. The molecule has 0 aliphatic carbocycles. The molecule has 1 N–H and O–H groups in total. The number of anilines is 1. The lowest BCUT2D eigenvalue weighted by molar-refractivity contribution is 0.140. The number of fused-ring (bicyclic) bond motifs is 3. The molecule has 3 heterocycles. The number of halogens is 4. The summed E-state index contributed by atoms with van der Waals surface area (Å²) in [4.78, 5) is 11.0. The van der Waals surface area contributed by atoms with Crippen molar-refractivity contribution in [1.82, 2.24) is 14.8 Å². The van der Waals surface area contributed by atoms with Crippen molar-refractivity contribution in [2.45, 2.75) is 19.1 Å². The molecule has 2 aromatic carbocycles. The Morgan fingerprint density at radius 3 is 2.43 bits per heavy atom. The van der Waals surface area contributed by atoms with Crippen LogP contribution in [0.15, 0.2) is 35.3 Å². The van der Waals surface area contributed by atoms with Crippen LogP contribution in [0, 0.1) is 11.6 Å². The van der Waals surface area contributed by atoms with Gasteiger partial charge in [0.05, 0.1) is 33.1 Å². The number of rotatable bonds is 2. The summed E-state index contributed by atoms with van der Waals surface area (Å²) in [5, 5.41) is 14.5. The lowest BCUT2D eigenvalue weighted by atomic mass is 9.99. The highest BCUT2D eigenvalue weighted by Crippen LogP contribution is 2.38. The van der Waals surface area contributed by atoms with Crippen molar-refractivity contribution >= 4 is 34.9 Å². The van der Waals surface area contributed by atoms with Gasteiger partial charge in [0.1, 0.15) is 17.7 Å². The van der Waals surface area contributed by atoms with Gasteiger partial charge in [0.25, 0.3) is 0 Å². The number of benzene rings is 2. The summed E-state index contributed by atoms with van der Waals surface area (Å²) in [5.74, 6) is -0.593. The monoisotopic (exact) mass is 449 g/mol. The standard InChI is InChI=1S/C20H15Cl2F2N5O/c1-9-19-26-20(28-7-10(30)8-28)27-29(19)14-6-5-11(21)17(22)16(14)18(25-9)15-12(23)3-2-4-13(15)24/h2-6,9-10,30H,7-8H2,1H3/t9-/m0/s1. The van der Waals surface area contributed by atoms with Crippen molar-refractivity contribution in [3.05, 3.63) is 69.0 Å². The Hall–Kier alpha value is -2.55. The second kappa shape index (κ2) is 7.01. The lowest BCUT2D eigenvalue weighted by Crippen LogP contribution is -2.51. The second-order valence-electron chi connectivity index (χ2n) is 7.25. The number of aliphatic hydroxyl groups is 1. The topological polar surface area (TPSA) is 66.5 Å². The van der Waals surface area contributed by atoms with Crippen molar-refractivity contribution in [3.63, 3.8) is 0 Å². The molecule has 0 saturated carbocycles. The third kappa shape index (κ3) is 2.90. The van der Waals surface area contributed by atoms with Crippen LogP contribution in [0.4, 0.5) is 14.7 Å². The minimum atomic E-state index is -0.759. The average molecular weight is 450 g/mol. The van der Waals surface area contributed by atoms with E-state index in [1.165, 1.54) is 18.2 Å². The molecule has 0 bridgehead atoms. The highest BCUT2D eigenvalue weighted by molar-refractivity contribution is 6.45. The molecule has 6 nitrogen and oxygen atoms in total. The molecule has 2 aliphatic heterocycles. The van der Waals surface area contributed by atoms with Crippen LogP contribution in [0.25, 0.3) is 5.69 Å². The Morgan fingerprint density at radius 2 is 1.77 bits per heavy atom. The Kier molecular flexibility index (Phi) is 4.53. The molecule has 10 heteroatoms. The summed E-state index contributed by atoms with van der Waals surface area (Å²) in [6.07, 6.45) is -0.417. The van der Waals surface area contributed by atoms with Gasteiger partial charge in [-0.2, -0.15) is 4.98 Å². The predicted octanol–water partition coefficient (Wildman–Crippen LogP) is 3.95. The van der Waals surface area contributed by atoms with Gasteiger partial charge >= 0.3 is 0 Å². The van der Waals surface area contributed by atoms with Crippen LogP contribution in [0.1, 0.15) is 29.9 Å². The number of aromatic nitrogens is 3. The fourth-order valence-corrected chi connectivity index (χ4v) is 4.09. The van der Waals surface area contributed by atoms with Gasteiger partial charge in [0, 0.05) is 18.7 Å². The summed E-state index contributed by atoms with van der Waals surface area (Å²) in [6.45, 7) is 2.62. The maximum absolute atomic E-state index is 14.7. The number of aliphatic hydroxyl groups excluding tert-OH is 1. The van der Waals surface area contributed by atoms with E-state index in [0.717, 1.165) is 0 Å². The highest BCUT2D eigenvalue weighted by atomic mass is 35.5. The van der Waals surface area contributed by atoms with E-state index in [0.29, 0.717) is 30.5 Å². The molecular formula is C20H15Cl2F2N5O. The highest BCUT2D eigenvalue weighted by Gasteiger charge is 2.34. The smallest absolute Gasteiger partial charge is 0.245 e. The first-order valence-corrected chi connectivity index (χ1v) is 10.0. The lowest BCUT2D eigenvalue weighted by Gasteiger charge is -2.34. The normalized spacial score (nSPS) is 18.4. The molecule has 3 aromatic rings. The first-order valence-electron chi connectivity index (χ1n) is 9.26. The molecular weight excluding hydrogens is 435 g/mol. The van der Waals surface area contributed by atoms with Crippen LogP contribution >= 0.6 is 23.2 Å². The van der Waals surface area contributed by atoms with Crippen LogP contribution in [-0.2, 0) is 0 Å². The van der Waals surface area contributed by atoms with Crippen LogP contribution in [0.2, 0.25) is 10.0 Å². The minimum Gasteiger partial charge on any atom is -0.389 e. The van der Waals surface area contributed by atoms with Crippen molar-refractivity contribution < 1.29 is 13.9 Å². The number of nitrogens with zero attached hydrogens (tertiary/aromatic N) is 5. The van der Waals surface area contributed by atoms with Crippen molar-refractivity contribution in [3.8, 4) is 5.69 Å². The first-order chi connectivity index (χ1) is 14.3. The molecule has 0 amide bonds. The fourth-order valence-electron chi connectivity index (χ4n) is 3.68. The van der Waals surface area contributed by atoms with Crippen molar-refractivity contribution in [2.75, 3.05) is 18.0 Å². The maximum Gasteiger partial charge on any atom is 0.245 e. The number of hydrogen-bond donors (Lipinski definition) is 1. The van der Waals surface area contributed by atoms with Gasteiger partial charge in [-0.15, -0.1) is 5.10 Å². The number of hydrogen-bond acceptors (Lipinski definition) is 5. The van der Waals surface area contributed by atoms with E-state index in [1.807, 2.05) is 4.90 Å². The third-order valence-corrected chi connectivity index (χ3v) is 6.00. The predicted molar refractivity (Wildman–Crippen MR) is 110 cm³/mol. The van der Waals surface area contributed by atoms with E-state index >= 15 is 0 Å². The first kappa shape index (κ1) is 19.4. The van der Waals surface area contributed by atoms with Crippen molar-refractivity contribution in [2.24, 2.45) is 4.99 Å². The molecule has 0 radical (unpaired) electrons. The SMILES string of the molecule is C[C@@H]1N=C(c2c(F)cccc2F)c2c(ccc(Cl)c2Cl)-n2nc(N3CC(O)C3)nc21. The van der Waals surface area contributed by atoms with Crippen LogP contribution < -0.4 is 4.90 Å². The summed E-state index contributed by atoms with van der Waals surface area (Å²) in [5.41, 5.74) is 0.504. The van der Waals surface area contributed by atoms with E-state index in [2.05, 4.69) is 15.1 Å². The van der Waals surface area contributed by atoms with E-state index in [1.54, 1.807) is 23.7 Å². The van der Waals surface area contributed by atoms with Gasteiger partial charge in [-0.05, 0) is 31.2 Å².